The summed E-state index contributed by atoms with van der Waals surface area (Å²) in [6.45, 7) is 1.07. The van der Waals surface area contributed by atoms with Crippen LogP contribution in [0.1, 0.15) is 72.4 Å². The van der Waals surface area contributed by atoms with E-state index in [0.717, 1.165) is 77.9 Å². The summed E-state index contributed by atoms with van der Waals surface area (Å²) in [5, 5.41) is 23.5. The fraction of sp³-hybridized carbons (Fsp3) is 0.351. The fourth-order valence-corrected chi connectivity index (χ4v) is 6.93. The number of anilines is 1. The number of hydrogen-bond acceptors (Lipinski definition) is 6. The molecule has 6 rings (SSSR count). The molecular weight excluding hydrogens is 566 g/mol. The topological polar surface area (TPSA) is 127 Å². The van der Waals surface area contributed by atoms with Crippen molar-refractivity contribution in [3.63, 3.8) is 0 Å². The van der Waals surface area contributed by atoms with E-state index < -0.39 is 5.92 Å². The zero-order chi connectivity index (χ0) is 31.2. The van der Waals surface area contributed by atoms with E-state index in [1.165, 1.54) is 0 Å². The SMILES string of the molecule is O=C(CCc1ccc(O)c2c1CCCO2)CC(=O)[C@H]1C(CNc2ccc[nH]2)=Cc2[nH]ccc2[C@@H]1CCCCc1cccc(O)c1. The Morgan fingerprint density at radius 1 is 0.978 bits per heavy atom. The molecule has 5 N–H and O–H groups in total. The average Bonchev–Trinajstić information content (AvgIpc) is 3.74. The van der Waals surface area contributed by atoms with Crippen LogP contribution in [0.4, 0.5) is 5.82 Å². The number of unbranched alkanes of at least 4 members (excludes halogenated alkanes) is 1. The van der Waals surface area contributed by atoms with Crippen molar-refractivity contribution in [2.75, 3.05) is 18.5 Å². The highest BCUT2D eigenvalue weighted by Gasteiger charge is 2.37. The molecule has 234 valence electrons. The molecule has 0 radical (unpaired) electrons. The van der Waals surface area contributed by atoms with Gasteiger partial charge in [0, 0.05) is 42.5 Å². The predicted octanol–water partition coefficient (Wildman–Crippen LogP) is 6.86. The zero-order valence-electron chi connectivity index (χ0n) is 25.5. The molecular formula is C37H41N3O5. The average molecular weight is 608 g/mol. The monoisotopic (exact) mass is 607 g/mol. The molecule has 1 aliphatic carbocycles. The normalized spacial score (nSPS) is 17.1. The number of aromatic nitrogens is 2. The fourth-order valence-electron chi connectivity index (χ4n) is 6.93. The van der Waals surface area contributed by atoms with E-state index in [1.54, 1.807) is 18.2 Å². The van der Waals surface area contributed by atoms with Crippen molar-refractivity contribution < 1.29 is 24.5 Å². The van der Waals surface area contributed by atoms with Crippen LogP contribution >= 0.6 is 0 Å². The highest BCUT2D eigenvalue weighted by Crippen LogP contribution is 2.43. The van der Waals surface area contributed by atoms with Crippen molar-refractivity contribution in [2.45, 2.75) is 63.7 Å². The van der Waals surface area contributed by atoms with Gasteiger partial charge in [0.2, 0.25) is 0 Å². The molecule has 8 heteroatoms. The standard InChI is InChI=1S/C37H41N3O5/c41-27-8-3-7-24(20-27)6-1-2-9-31-30-16-18-38-32(30)21-26(23-40-35-11-4-17-39-35)36(31)34(44)22-28(42)14-12-25-13-15-33(43)37-29(25)10-5-19-45-37/h3-4,7-8,11,13,15-18,20-21,31,36,38-41,43H,1-2,5-6,9-10,12,14,19,22-23H2/t31-,36-/m0/s1. The molecule has 0 amide bonds. The molecule has 2 aromatic heterocycles. The molecule has 8 nitrogen and oxygen atoms in total. The van der Waals surface area contributed by atoms with Crippen molar-refractivity contribution in [2.24, 2.45) is 5.92 Å². The van der Waals surface area contributed by atoms with Gasteiger partial charge in [-0.3, -0.25) is 9.59 Å². The maximum atomic E-state index is 14.1. The third-order valence-electron chi connectivity index (χ3n) is 9.11. The number of rotatable bonds is 14. The summed E-state index contributed by atoms with van der Waals surface area (Å²) in [5.41, 5.74) is 6.18. The number of carbonyl (C=O) groups excluding carboxylic acids is 2. The van der Waals surface area contributed by atoms with Gasteiger partial charge < -0.3 is 30.2 Å². The maximum absolute atomic E-state index is 14.1. The second kappa shape index (κ2) is 13.9. The van der Waals surface area contributed by atoms with E-state index in [1.807, 2.05) is 42.7 Å². The quantitative estimate of drug-likeness (QED) is 0.0787. The molecule has 45 heavy (non-hydrogen) atoms. The first-order valence-corrected chi connectivity index (χ1v) is 16.0. The lowest BCUT2D eigenvalue weighted by Crippen LogP contribution is -2.31. The Morgan fingerprint density at radius 2 is 1.89 bits per heavy atom. The number of benzene rings is 2. The second-order valence-electron chi connectivity index (χ2n) is 12.2. The molecule has 0 saturated carbocycles. The van der Waals surface area contributed by atoms with Gasteiger partial charge in [0.25, 0.3) is 0 Å². The van der Waals surface area contributed by atoms with E-state index in [2.05, 4.69) is 27.4 Å². The number of phenolic OH excluding ortho intramolecular Hbond substituents is 2. The highest BCUT2D eigenvalue weighted by molar-refractivity contribution is 6.02. The molecule has 2 aromatic carbocycles. The van der Waals surface area contributed by atoms with Crippen LogP contribution in [0.2, 0.25) is 0 Å². The number of H-pyrrole nitrogens is 2. The molecule has 4 aromatic rings. The molecule has 3 heterocycles. The number of fused-ring (bicyclic) bond motifs is 2. The molecule has 0 fully saturated rings. The number of nitrogens with one attached hydrogen (secondary N) is 3. The summed E-state index contributed by atoms with van der Waals surface area (Å²) in [5.74, 6) is 1.25. The van der Waals surface area contributed by atoms with Crippen molar-refractivity contribution >= 4 is 23.5 Å². The smallest absolute Gasteiger partial charge is 0.164 e. The van der Waals surface area contributed by atoms with E-state index in [4.69, 9.17) is 4.74 Å². The molecule has 2 atom stereocenters. The van der Waals surface area contributed by atoms with Gasteiger partial charge in [0.1, 0.15) is 23.1 Å². The summed E-state index contributed by atoms with van der Waals surface area (Å²) in [6, 6.07) is 16.8. The first-order valence-electron chi connectivity index (χ1n) is 16.0. The first kappa shape index (κ1) is 30.3. The Bertz CT molecular complexity index is 1670. The van der Waals surface area contributed by atoms with Gasteiger partial charge in [-0.25, -0.2) is 0 Å². The number of carbonyl (C=O) groups is 2. The van der Waals surface area contributed by atoms with Crippen molar-refractivity contribution in [1.82, 2.24) is 9.97 Å². The third kappa shape index (κ3) is 7.17. The summed E-state index contributed by atoms with van der Waals surface area (Å²) in [6.07, 6.45) is 11.7. The Labute approximate surface area is 263 Å². The van der Waals surface area contributed by atoms with Gasteiger partial charge in [-0.15, -0.1) is 0 Å². The van der Waals surface area contributed by atoms with E-state index in [9.17, 15) is 19.8 Å². The molecule has 0 spiro atoms. The predicted molar refractivity (Wildman–Crippen MR) is 175 cm³/mol. The molecule has 2 aliphatic rings. The second-order valence-corrected chi connectivity index (χ2v) is 12.2. The summed E-state index contributed by atoms with van der Waals surface area (Å²) >= 11 is 0. The first-order chi connectivity index (χ1) is 22.0. The number of ether oxygens (including phenoxy) is 1. The van der Waals surface area contributed by atoms with E-state index in [-0.39, 0.29) is 41.8 Å². The zero-order valence-corrected chi connectivity index (χ0v) is 25.5. The van der Waals surface area contributed by atoms with Gasteiger partial charge >= 0.3 is 0 Å². The van der Waals surface area contributed by atoms with Crippen LogP contribution < -0.4 is 10.1 Å². The van der Waals surface area contributed by atoms with Crippen LogP contribution in [-0.2, 0) is 28.9 Å². The summed E-state index contributed by atoms with van der Waals surface area (Å²) in [7, 11) is 0. The number of Topliss-reactive ketones (excluding diaryl/α,β-unsaturated/α-hetero) is 2. The van der Waals surface area contributed by atoms with Gasteiger partial charge in [0.15, 0.2) is 11.5 Å². The number of ketones is 2. The van der Waals surface area contributed by atoms with Crippen LogP contribution in [0.25, 0.3) is 6.08 Å². The highest BCUT2D eigenvalue weighted by atomic mass is 16.5. The Kier molecular flexibility index (Phi) is 9.38. The van der Waals surface area contributed by atoms with Crippen molar-refractivity contribution in [1.29, 1.82) is 0 Å². The Balaban J connectivity index is 1.16. The van der Waals surface area contributed by atoms with Crippen LogP contribution in [0.15, 0.2) is 72.6 Å². The maximum Gasteiger partial charge on any atom is 0.164 e. The minimum atomic E-state index is -0.407. The minimum absolute atomic E-state index is 0.0394. The van der Waals surface area contributed by atoms with Crippen LogP contribution in [-0.4, -0.2) is 44.9 Å². The van der Waals surface area contributed by atoms with Crippen LogP contribution in [0.3, 0.4) is 0 Å². The molecule has 0 bridgehead atoms. The number of aromatic amines is 2. The molecule has 1 aliphatic heterocycles. The molecule has 0 unspecified atom stereocenters. The summed E-state index contributed by atoms with van der Waals surface area (Å²) < 4.78 is 5.69. The van der Waals surface area contributed by atoms with Gasteiger partial charge in [-0.05, 0) is 109 Å². The lowest BCUT2D eigenvalue weighted by atomic mass is 9.71. The van der Waals surface area contributed by atoms with Crippen molar-refractivity contribution in [3.8, 4) is 17.2 Å². The lowest BCUT2D eigenvalue weighted by molar-refractivity contribution is -0.129. The lowest BCUT2D eigenvalue weighted by Gasteiger charge is -2.32. The van der Waals surface area contributed by atoms with Gasteiger partial charge in [-0.2, -0.15) is 0 Å². The number of phenols is 2. The minimum Gasteiger partial charge on any atom is -0.508 e. The van der Waals surface area contributed by atoms with E-state index >= 15 is 0 Å². The van der Waals surface area contributed by atoms with Gasteiger partial charge in [-0.1, -0.05) is 24.6 Å². The van der Waals surface area contributed by atoms with Crippen LogP contribution in [0.5, 0.6) is 17.2 Å². The van der Waals surface area contributed by atoms with E-state index in [0.29, 0.717) is 25.3 Å². The number of hydrogen-bond donors (Lipinski definition) is 5. The summed E-state index contributed by atoms with van der Waals surface area (Å²) in [4.78, 5) is 34.0. The van der Waals surface area contributed by atoms with Crippen LogP contribution in [0, 0.1) is 5.92 Å². The Morgan fingerprint density at radius 3 is 2.73 bits per heavy atom. The number of aryl methyl sites for hydroxylation is 2. The number of aromatic hydroxyl groups is 2. The Hall–Kier alpha value is -4.72. The largest absolute Gasteiger partial charge is 0.508 e. The van der Waals surface area contributed by atoms with Gasteiger partial charge in [0.05, 0.1) is 13.0 Å². The molecule has 0 saturated heterocycles. The third-order valence-corrected chi connectivity index (χ3v) is 9.11. The van der Waals surface area contributed by atoms with Crippen molar-refractivity contribution in [3.05, 3.63) is 101 Å².